The summed E-state index contributed by atoms with van der Waals surface area (Å²) in [5.41, 5.74) is 14.1. The van der Waals surface area contributed by atoms with Crippen LogP contribution in [0.1, 0.15) is 38.8 Å². The van der Waals surface area contributed by atoms with Crippen LogP contribution in [-0.2, 0) is 0 Å². The summed E-state index contributed by atoms with van der Waals surface area (Å²) in [7, 11) is 0. The molecule has 5 nitrogen and oxygen atoms in total. The fourth-order valence-corrected chi connectivity index (χ4v) is 2.71. The number of rotatable bonds is 2. The Bertz CT molecular complexity index is 781. The van der Waals surface area contributed by atoms with E-state index in [4.69, 9.17) is 11.5 Å². The summed E-state index contributed by atoms with van der Waals surface area (Å²) >= 11 is 0. The molecule has 0 saturated carbocycles. The topological polar surface area (TPSA) is 98.2 Å². The third kappa shape index (κ3) is 1.78. The molecule has 5 N–H and O–H groups in total. The van der Waals surface area contributed by atoms with Gasteiger partial charge in [-0.2, -0.15) is 0 Å². The summed E-state index contributed by atoms with van der Waals surface area (Å²) in [4.78, 5) is 25.5. The molecule has 0 aliphatic heterocycles. The van der Waals surface area contributed by atoms with E-state index >= 15 is 0 Å². The number of hydrogen-bond donors (Lipinski definition) is 3. The number of fused-ring (bicyclic) bond motifs is 2. The molecular formula is C16H15N3O2. The highest BCUT2D eigenvalue weighted by atomic mass is 16.1. The highest BCUT2D eigenvalue weighted by Gasteiger charge is 2.34. The van der Waals surface area contributed by atoms with E-state index in [1.165, 1.54) is 0 Å². The second kappa shape index (κ2) is 4.63. The van der Waals surface area contributed by atoms with E-state index < -0.39 is 0 Å². The number of carbonyl (C=O) groups excluding carboxylic acids is 2. The lowest BCUT2D eigenvalue weighted by Crippen LogP contribution is -2.25. The third-order valence-electron chi connectivity index (χ3n) is 3.63. The van der Waals surface area contributed by atoms with Crippen LogP contribution in [0, 0.1) is 0 Å². The molecule has 3 rings (SSSR count). The Hall–Kier alpha value is -2.82. The minimum absolute atomic E-state index is 0.206. The van der Waals surface area contributed by atoms with Crippen LogP contribution in [0.25, 0.3) is 0 Å². The lowest BCUT2D eigenvalue weighted by atomic mass is 9.81. The predicted octanol–water partition coefficient (Wildman–Crippen LogP) is 2.06. The first-order valence-electron chi connectivity index (χ1n) is 6.70. The standard InChI is InChI=1S/C16H15N3O2/c1-2-19-11-5-3-4-8-12(11)16(21)14-10(18)7-6-9(17)13(14)15(8)20/h3-7,19H,2,17-18H2,1H3. The molecule has 0 unspecified atom stereocenters. The molecule has 0 spiro atoms. The van der Waals surface area contributed by atoms with Crippen molar-refractivity contribution in [1.29, 1.82) is 0 Å². The van der Waals surface area contributed by atoms with Crippen LogP contribution in [0.5, 0.6) is 0 Å². The summed E-state index contributed by atoms with van der Waals surface area (Å²) in [6, 6.07) is 8.27. The maximum Gasteiger partial charge on any atom is 0.198 e. The summed E-state index contributed by atoms with van der Waals surface area (Å²) in [6.07, 6.45) is 0. The molecule has 0 radical (unpaired) electrons. The average Bonchev–Trinajstić information content (AvgIpc) is 2.47. The van der Waals surface area contributed by atoms with Crippen LogP contribution in [0.4, 0.5) is 17.1 Å². The van der Waals surface area contributed by atoms with E-state index in [1.54, 1.807) is 30.3 Å². The number of carbonyl (C=O) groups is 2. The van der Waals surface area contributed by atoms with Crippen molar-refractivity contribution >= 4 is 28.6 Å². The first kappa shape index (κ1) is 13.2. The summed E-state index contributed by atoms with van der Waals surface area (Å²) < 4.78 is 0. The Labute approximate surface area is 121 Å². The Kier molecular flexibility index (Phi) is 2.90. The van der Waals surface area contributed by atoms with Gasteiger partial charge in [-0.3, -0.25) is 9.59 Å². The van der Waals surface area contributed by atoms with Crippen molar-refractivity contribution in [3.63, 3.8) is 0 Å². The van der Waals surface area contributed by atoms with Crippen molar-refractivity contribution in [3.05, 3.63) is 52.6 Å². The van der Waals surface area contributed by atoms with Gasteiger partial charge in [0.15, 0.2) is 11.6 Å². The molecule has 2 aromatic carbocycles. The Morgan fingerprint density at radius 3 is 2.14 bits per heavy atom. The largest absolute Gasteiger partial charge is 0.398 e. The van der Waals surface area contributed by atoms with Gasteiger partial charge in [0.05, 0.1) is 16.7 Å². The van der Waals surface area contributed by atoms with Crippen LogP contribution in [0.2, 0.25) is 0 Å². The predicted molar refractivity (Wildman–Crippen MR) is 82.7 cm³/mol. The molecule has 1 aliphatic carbocycles. The van der Waals surface area contributed by atoms with Gasteiger partial charge in [0.1, 0.15) is 0 Å². The Morgan fingerprint density at radius 2 is 1.52 bits per heavy atom. The van der Waals surface area contributed by atoms with Crippen molar-refractivity contribution in [2.24, 2.45) is 0 Å². The maximum atomic E-state index is 12.8. The smallest absolute Gasteiger partial charge is 0.198 e. The van der Waals surface area contributed by atoms with Crippen LogP contribution < -0.4 is 16.8 Å². The van der Waals surface area contributed by atoms with Gasteiger partial charge in [-0.05, 0) is 25.1 Å². The second-order valence-corrected chi connectivity index (χ2v) is 4.91. The molecule has 106 valence electrons. The number of nitrogens with two attached hydrogens (primary N) is 2. The fraction of sp³-hybridized carbons (Fsp3) is 0.125. The summed E-state index contributed by atoms with van der Waals surface area (Å²) in [5.74, 6) is -0.523. The highest BCUT2D eigenvalue weighted by Crippen LogP contribution is 2.36. The van der Waals surface area contributed by atoms with Gasteiger partial charge in [0.25, 0.3) is 0 Å². The lowest BCUT2D eigenvalue weighted by Gasteiger charge is -2.22. The van der Waals surface area contributed by atoms with Crippen molar-refractivity contribution in [1.82, 2.24) is 0 Å². The third-order valence-corrected chi connectivity index (χ3v) is 3.63. The molecule has 0 aromatic heterocycles. The van der Waals surface area contributed by atoms with E-state index in [0.29, 0.717) is 23.4 Å². The number of hydrogen-bond acceptors (Lipinski definition) is 5. The normalized spacial score (nSPS) is 12.8. The molecule has 0 heterocycles. The zero-order chi connectivity index (χ0) is 15.1. The molecule has 0 amide bonds. The summed E-state index contributed by atoms with van der Waals surface area (Å²) in [5, 5.41) is 3.11. The van der Waals surface area contributed by atoms with Crippen LogP contribution in [0.3, 0.4) is 0 Å². The number of anilines is 3. The number of nitrogens with one attached hydrogen (secondary N) is 1. The summed E-state index contributed by atoms with van der Waals surface area (Å²) in [6.45, 7) is 2.58. The molecule has 1 aliphatic rings. The number of ketones is 2. The first-order valence-corrected chi connectivity index (χ1v) is 6.70. The fourth-order valence-electron chi connectivity index (χ4n) is 2.71. The molecule has 21 heavy (non-hydrogen) atoms. The highest BCUT2D eigenvalue weighted by molar-refractivity contribution is 6.33. The Balaban J connectivity index is 2.34. The molecule has 0 fully saturated rings. The molecule has 5 heteroatoms. The SMILES string of the molecule is CCNc1cccc2c1C(=O)c1c(N)ccc(N)c1C2=O. The minimum Gasteiger partial charge on any atom is -0.398 e. The van der Waals surface area contributed by atoms with E-state index in [-0.39, 0.29) is 34.1 Å². The van der Waals surface area contributed by atoms with Crippen LogP contribution >= 0.6 is 0 Å². The second-order valence-electron chi connectivity index (χ2n) is 4.91. The van der Waals surface area contributed by atoms with Crippen LogP contribution in [0.15, 0.2) is 30.3 Å². The molecule has 0 atom stereocenters. The quantitative estimate of drug-likeness (QED) is 0.624. The van der Waals surface area contributed by atoms with Crippen molar-refractivity contribution in [2.45, 2.75) is 6.92 Å². The lowest BCUT2D eigenvalue weighted by molar-refractivity contribution is 0.0981. The van der Waals surface area contributed by atoms with Gasteiger partial charge in [-0.15, -0.1) is 0 Å². The molecule has 2 aromatic rings. The monoisotopic (exact) mass is 281 g/mol. The molecular weight excluding hydrogens is 266 g/mol. The first-order chi connectivity index (χ1) is 10.1. The molecule has 0 saturated heterocycles. The van der Waals surface area contributed by atoms with Crippen molar-refractivity contribution < 1.29 is 9.59 Å². The van der Waals surface area contributed by atoms with E-state index in [0.717, 1.165) is 0 Å². The molecule has 0 bridgehead atoms. The van der Waals surface area contributed by atoms with Gasteiger partial charge in [-0.25, -0.2) is 0 Å². The zero-order valence-electron chi connectivity index (χ0n) is 11.6. The van der Waals surface area contributed by atoms with Gasteiger partial charge < -0.3 is 16.8 Å². The van der Waals surface area contributed by atoms with E-state index in [9.17, 15) is 9.59 Å². The van der Waals surface area contributed by atoms with E-state index in [1.807, 2.05) is 6.92 Å². The van der Waals surface area contributed by atoms with Crippen LogP contribution in [-0.4, -0.2) is 18.1 Å². The number of nitrogen functional groups attached to an aromatic ring is 2. The Morgan fingerprint density at radius 1 is 0.905 bits per heavy atom. The van der Waals surface area contributed by atoms with Gasteiger partial charge in [0.2, 0.25) is 0 Å². The average molecular weight is 281 g/mol. The van der Waals surface area contributed by atoms with Gasteiger partial charge >= 0.3 is 0 Å². The van der Waals surface area contributed by atoms with Gasteiger partial charge in [0, 0.05) is 29.2 Å². The van der Waals surface area contributed by atoms with Gasteiger partial charge in [-0.1, -0.05) is 12.1 Å². The maximum absolute atomic E-state index is 12.8. The van der Waals surface area contributed by atoms with Crippen molar-refractivity contribution in [2.75, 3.05) is 23.3 Å². The number of benzene rings is 2. The zero-order valence-corrected chi connectivity index (χ0v) is 11.6. The minimum atomic E-state index is -0.263. The van der Waals surface area contributed by atoms with E-state index in [2.05, 4.69) is 5.32 Å². The van der Waals surface area contributed by atoms with Crippen molar-refractivity contribution in [3.8, 4) is 0 Å².